The van der Waals surface area contributed by atoms with Crippen LogP contribution >= 0.6 is 0 Å². The standard InChI is InChI=1S/C10H16N5O/c1-10(2,3)16-9-7-6(14-15(9)4)8(11)13-5-12-7/h5,7H,1-4H3,(H2,11,12,13)/q+1. The molecule has 0 bridgehead atoms. The topological polar surface area (TPSA) is 75.3 Å². The predicted molar refractivity (Wildman–Crippen MR) is 63.4 cm³/mol. The van der Waals surface area contributed by atoms with Gasteiger partial charge in [-0.3, -0.25) is 0 Å². The van der Waals surface area contributed by atoms with Crippen LogP contribution in [0, 0.1) is 0 Å². The van der Waals surface area contributed by atoms with Crippen molar-refractivity contribution in [3.05, 3.63) is 0 Å². The third-order valence-corrected chi connectivity index (χ3v) is 2.16. The predicted octanol–water partition coefficient (Wildman–Crippen LogP) is -0.0204. The molecule has 2 rings (SSSR count). The third kappa shape index (κ3) is 1.82. The number of hydrogen-bond acceptors (Lipinski definition) is 5. The van der Waals surface area contributed by atoms with E-state index in [0.717, 1.165) is 0 Å². The molecule has 0 spiro atoms. The highest BCUT2D eigenvalue weighted by molar-refractivity contribution is 6.48. The Hall–Kier alpha value is -1.72. The fourth-order valence-corrected chi connectivity index (χ4v) is 1.55. The summed E-state index contributed by atoms with van der Waals surface area (Å²) in [6, 6.07) is -0.248. The van der Waals surface area contributed by atoms with Gasteiger partial charge in [0.25, 0.3) is 0 Å². The van der Waals surface area contributed by atoms with Crippen LogP contribution in [0.1, 0.15) is 20.8 Å². The first-order chi connectivity index (χ1) is 7.38. The Bertz CT molecular complexity index is 439. The quantitative estimate of drug-likeness (QED) is 0.585. The van der Waals surface area contributed by atoms with Crippen LogP contribution < -0.4 is 5.73 Å². The number of hydrazone groups is 1. The molecule has 2 aliphatic heterocycles. The molecular weight excluding hydrogens is 206 g/mol. The summed E-state index contributed by atoms with van der Waals surface area (Å²) < 4.78 is 7.50. The lowest BCUT2D eigenvalue weighted by Gasteiger charge is -2.20. The first-order valence-electron chi connectivity index (χ1n) is 5.12. The zero-order chi connectivity index (χ0) is 11.9. The summed E-state index contributed by atoms with van der Waals surface area (Å²) >= 11 is 0. The normalized spacial score (nSPS) is 24.1. The van der Waals surface area contributed by atoms with Gasteiger partial charge in [-0.15, -0.1) is 0 Å². The Morgan fingerprint density at radius 3 is 2.75 bits per heavy atom. The molecule has 0 saturated heterocycles. The molecule has 2 heterocycles. The lowest BCUT2D eigenvalue weighted by Crippen LogP contribution is -2.41. The number of fused-ring (bicyclic) bond motifs is 1. The van der Waals surface area contributed by atoms with E-state index in [-0.39, 0.29) is 11.6 Å². The summed E-state index contributed by atoms with van der Waals surface area (Å²) in [6.07, 6.45) is 1.45. The van der Waals surface area contributed by atoms with Crippen molar-refractivity contribution in [3.8, 4) is 0 Å². The average molecular weight is 222 g/mol. The smallest absolute Gasteiger partial charge is 0.399 e. The van der Waals surface area contributed by atoms with Crippen LogP contribution in [0.5, 0.6) is 0 Å². The molecule has 0 aliphatic carbocycles. The molecule has 0 amide bonds. The van der Waals surface area contributed by atoms with E-state index >= 15 is 0 Å². The maximum absolute atomic E-state index is 5.83. The summed E-state index contributed by atoms with van der Waals surface area (Å²) in [5, 5.41) is 4.28. The molecular formula is C10H16N5O+. The zero-order valence-electron chi connectivity index (χ0n) is 9.93. The van der Waals surface area contributed by atoms with Gasteiger partial charge in [0.2, 0.25) is 6.04 Å². The Balaban J connectivity index is 2.29. The fourth-order valence-electron chi connectivity index (χ4n) is 1.55. The summed E-state index contributed by atoms with van der Waals surface area (Å²) in [5.74, 6) is 1.09. The molecule has 2 N–H and O–H groups in total. The Labute approximate surface area is 94.2 Å². The highest BCUT2D eigenvalue weighted by Gasteiger charge is 2.43. The molecule has 0 aromatic heterocycles. The molecule has 6 heteroatoms. The van der Waals surface area contributed by atoms with Gasteiger partial charge in [-0.2, -0.15) is 0 Å². The van der Waals surface area contributed by atoms with Gasteiger partial charge >= 0.3 is 5.90 Å². The summed E-state index contributed by atoms with van der Waals surface area (Å²) in [4.78, 5) is 8.15. The number of amidine groups is 1. The van der Waals surface area contributed by atoms with Crippen LogP contribution in [-0.2, 0) is 4.74 Å². The van der Waals surface area contributed by atoms with Gasteiger partial charge in [0.15, 0.2) is 18.6 Å². The van der Waals surface area contributed by atoms with Gasteiger partial charge in [-0.05, 0) is 20.8 Å². The van der Waals surface area contributed by atoms with E-state index in [4.69, 9.17) is 10.5 Å². The fraction of sp³-hybridized carbons (Fsp3) is 0.600. The highest BCUT2D eigenvalue weighted by atomic mass is 16.5. The second-order valence-electron chi connectivity index (χ2n) is 4.74. The lowest BCUT2D eigenvalue weighted by atomic mass is 10.1. The minimum atomic E-state index is -0.284. The van der Waals surface area contributed by atoms with E-state index in [0.29, 0.717) is 17.4 Å². The summed E-state index contributed by atoms with van der Waals surface area (Å²) in [5.41, 5.74) is 6.11. The highest BCUT2D eigenvalue weighted by Crippen LogP contribution is 2.16. The number of ether oxygens (including phenoxy) is 1. The molecule has 1 unspecified atom stereocenters. The second-order valence-corrected chi connectivity index (χ2v) is 4.74. The molecule has 16 heavy (non-hydrogen) atoms. The van der Waals surface area contributed by atoms with E-state index in [9.17, 15) is 0 Å². The largest absolute Gasteiger partial charge is 0.438 e. The van der Waals surface area contributed by atoms with Crippen molar-refractivity contribution in [3.63, 3.8) is 0 Å². The summed E-state index contributed by atoms with van der Waals surface area (Å²) in [6.45, 7) is 5.95. The zero-order valence-corrected chi connectivity index (χ0v) is 9.93. The first-order valence-corrected chi connectivity index (χ1v) is 5.12. The van der Waals surface area contributed by atoms with Crippen molar-refractivity contribution in [2.75, 3.05) is 7.05 Å². The van der Waals surface area contributed by atoms with Gasteiger partial charge in [0.05, 0.1) is 0 Å². The molecule has 6 nitrogen and oxygen atoms in total. The van der Waals surface area contributed by atoms with Crippen LogP contribution in [0.25, 0.3) is 0 Å². The van der Waals surface area contributed by atoms with Crippen LogP contribution in [-0.4, -0.2) is 47.2 Å². The molecule has 0 aromatic carbocycles. The Morgan fingerprint density at radius 1 is 1.44 bits per heavy atom. The van der Waals surface area contributed by atoms with Gasteiger partial charge in [0.1, 0.15) is 11.9 Å². The van der Waals surface area contributed by atoms with Crippen molar-refractivity contribution in [1.29, 1.82) is 0 Å². The maximum atomic E-state index is 5.83. The second kappa shape index (κ2) is 3.40. The van der Waals surface area contributed by atoms with Crippen LogP contribution in [0.4, 0.5) is 0 Å². The Kier molecular flexibility index (Phi) is 2.29. The molecule has 0 radical (unpaired) electrons. The monoisotopic (exact) mass is 222 g/mol. The van der Waals surface area contributed by atoms with Gasteiger partial charge in [-0.25, -0.2) is 9.98 Å². The van der Waals surface area contributed by atoms with Crippen LogP contribution in [0.2, 0.25) is 0 Å². The molecule has 2 aliphatic rings. The lowest BCUT2D eigenvalue weighted by molar-refractivity contribution is -0.509. The van der Waals surface area contributed by atoms with E-state index in [1.165, 1.54) is 6.34 Å². The number of nitrogens with two attached hydrogens (primary N) is 1. The van der Waals surface area contributed by atoms with Gasteiger partial charge in [-0.1, -0.05) is 4.68 Å². The minimum Gasteiger partial charge on any atom is -0.438 e. The van der Waals surface area contributed by atoms with Crippen molar-refractivity contribution >= 4 is 23.8 Å². The SMILES string of the molecule is C[N+]1=C(OC(C)(C)C)C2N=CN=C(N)C2=N1. The third-order valence-electron chi connectivity index (χ3n) is 2.16. The van der Waals surface area contributed by atoms with Crippen molar-refractivity contribution in [2.45, 2.75) is 32.4 Å². The summed E-state index contributed by atoms with van der Waals surface area (Å²) in [7, 11) is 1.81. The van der Waals surface area contributed by atoms with Crippen LogP contribution in [0.15, 0.2) is 15.1 Å². The number of nitrogens with zero attached hydrogens (tertiary/aromatic N) is 4. The Morgan fingerprint density at radius 2 is 2.12 bits per heavy atom. The average Bonchev–Trinajstić information content (AvgIpc) is 2.44. The van der Waals surface area contributed by atoms with Crippen molar-refractivity contribution < 1.29 is 9.42 Å². The molecule has 0 fully saturated rings. The van der Waals surface area contributed by atoms with Crippen LogP contribution in [0.3, 0.4) is 0 Å². The van der Waals surface area contributed by atoms with E-state index < -0.39 is 0 Å². The number of hydrogen-bond donors (Lipinski definition) is 1. The number of rotatable bonds is 0. The molecule has 0 saturated carbocycles. The van der Waals surface area contributed by atoms with Gasteiger partial charge in [0, 0.05) is 5.10 Å². The molecule has 0 aromatic rings. The van der Waals surface area contributed by atoms with Crippen molar-refractivity contribution in [1.82, 2.24) is 0 Å². The van der Waals surface area contributed by atoms with E-state index in [2.05, 4.69) is 15.1 Å². The number of aliphatic imine (C=N–C) groups is 2. The maximum Gasteiger partial charge on any atom is 0.399 e. The molecule has 1 atom stereocenters. The molecule has 86 valence electrons. The minimum absolute atomic E-state index is 0.248. The first kappa shape index (κ1) is 10.8. The van der Waals surface area contributed by atoms with Gasteiger partial charge < -0.3 is 10.5 Å². The van der Waals surface area contributed by atoms with E-state index in [1.807, 2.05) is 27.8 Å². The van der Waals surface area contributed by atoms with E-state index in [1.54, 1.807) is 4.68 Å². The van der Waals surface area contributed by atoms with Crippen molar-refractivity contribution in [2.24, 2.45) is 20.8 Å².